The molecule has 2 N–H and O–H groups in total. The molecule has 1 rings (SSSR count). The summed E-state index contributed by atoms with van der Waals surface area (Å²) in [6.07, 6.45) is 3.09. The van der Waals surface area contributed by atoms with Gasteiger partial charge in [0.1, 0.15) is 0 Å². The summed E-state index contributed by atoms with van der Waals surface area (Å²) in [6.45, 7) is 0. The molecule has 0 unspecified atom stereocenters. The van der Waals surface area contributed by atoms with Gasteiger partial charge in [-0.15, -0.1) is 0 Å². The zero-order chi connectivity index (χ0) is 7.56. The lowest BCUT2D eigenvalue weighted by molar-refractivity contribution is -0.112. The SMILES string of the molecule is NC(=O)C(=S)n1cccn1. The molecule has 1 aromatic rings. The predicted molar refractivity (Wildman–Crippen MR) is 39.4 cm³/mol. The van der Waals surface area contributed by atoms with Crippen LogP contribution < -0.4 is 5.73 Å². The monoisotopic (exact) mass is 155 g/mol. The third-order valence-corrected chi connectivity index (χ3v) is 1.31. The van der Waals surface area contributed by atoms with Crippen LogP contribution in [-0.2, 0) is 4.79 Å². The lowest BCUT2D eigenvalue weighted by atomic mass is 10.6. The molecule has 0 fully saturated rings. The quantitative estimate of drug-likeness (QED) is 0.516. The zero-order valence-corrected chi connectivity index (χ0v) is 5.84. The molecule has 5 heteroatoms. The second kappa shape index (κ2) is 2.57. The molecule has 0 aliphatic heterocycles. The van der Waals surface area contributed by atoms with Crippen molar-refractivity contribution in [1.29, 1.82) is 0 Å². The maximum absolute atomic E-state index is 10.4. The van der Waals surface area contributed by atoms with E-state index in [0.717, 1.165) is 0 Å². The van der Waals surface area contributed by atoms with Gasteiger partial charge in [0, 0.05) is 12.4 Å². The number of carbonyl (C=O) groups excluding carboxylic acids is 1. The van der Waals surface area contributed by atoms with Gasteiger partial charge < -0.3 is 5.73 Å². The van der Waals surface area contributed by atoms with Crippen LogP contribution in [0.15, 0.2) is 18.5 Å². The number of hydrogen-bond acceptors (Lipinski definition) is 3. The fraction of sp³-hybridized carbons (Fsp3) is 0. The highest BCUT2D eigenvalue weighted by Gasteiger charge is 2.04. The topological polar surface area (TPSA) is 60.9 Å². The first-order valence-electron chi connectivity index (χ1n) is 2.55. The van der Waals surface area contributed by atoms with Gasteiger partial charge in [0.05, 0.1) is 0 Å². The van der Waals surface area contributed by atoms with Gasteiger partial charge in [-0.1, -0.05) is 12.2 Å². The lowest BCUT2D eigenvalue weighted by Gasteiger charge is -1.95. The second-order valence-corrected chi connectivity index (χ2v) is 2.01. The van der Waals surface area contributed by atoms with Gasteiger partial charge in [-0.05, 0) is 6.07 Å². The maximum Gasteiger partial charge on any atom is 0.278 e. The van der Waals surface area contributed by atoms with Crippen molar-refractivity contribution in [2.75, 3.05) is 0 Å². The third kappa shape index (κ3) is 1.19. The number of nitrogens with two attached hydrogens (primary N) is 1. The summed E-state index contributed by atoms with van der Waals surface area (Å²) in [7, 11) is 0. The molecule has 0 spiro atoms. The molecular formula is C5H5N3OS. The Kier molecular flexibility index (Phi) is 1.77. The highest BCUT2D eigenvalue weighted by Crippen LogP contribution is 1.84. The molecule has 0 aromatic carbocycles. The zero-order valence-electron chi connectivity index (χ0n) is 5.02. The summed E-state index contributed by atoms with van der Waals surface area (Å²) in [4.78, 5) is 10.4. The van der Waals surface area contributed by atoms with Crippen molar-refractivity contribution in [3.8, 4) is 0 Å². The van der Waals surface area contributed by atoms with Gasteiger partial charge in [0.2, 0.25) is 0 Å². The number of thiocarbonyl (C=S) groups is 1. The van der Waals surface area contributed by atoms with Crippen LogP contribution in [0.25, 0.3) is 0 Å². The number of aromatic nitrogens is 2. The number of rotatable bonds is 0. The molecule has 1 heterocycles. The number of hydrogen-bond donors (Lipinski definition) is 1. The van der Waals surface area contributed by atoms with Crippen molar-refractivity contribution in [3.63, 3.8) is 0 Å². The van der Waals surface area contributed by atoms with E-state index in [1.165, 1.54) is 10.9 Å². The smallest absolute Gasteiger partial charge is 0.278 e. The molecule has 1 aromatic heterocycles. The second-order valence-electron chi connectivity index (χ2n) is 1.62. The predicted octanol–water partition coefficient (Wildman–Crippen LogP) is -0.456. The van der Waals surface area contributed by atoms with Gasteiger partial charge in [0.25, 0.3) is 5.91 Å². The molecule has 0 radical (unpaired) electrons. The highest BCUT2D eigenvalue weighted by atomic mass is 32.1. The molecule has 0 aliphatic rings. The van der Waals surface area contributed by atoms with Crippen LogP contribution in [0.4, 0.5) is 0 Å². The normalized spacial score (nSPS) is 9.20. The first-order chi connectivity index (χ1) is 4.72. The Morgan fingerprint density at radius 3 is 2.80 bits per heavy atom. The molecule has 0 saturated carbocycles. The van der Waals surface area contributed by atoms with Crippen molar-refractivity contribution >= 4 is 23.1 Å². The van der Waals surface area contributed by atoms with Crippen LogP contribution in [0.3, 0.4) is 0 Å². The Labute approximate surface area is 62.6 Å². The van der Waals surface area contributed by atoms with E-state index in [9.17, 15) is 4.79 Å². The third-order valence-electron chi connectivity index (χ3n) is 0.923. The summed E-state index contributed by atoms with van der Waals surface area (Å²) in [6, 6.07) is 1.66. The fourth-order valence-corrected chi connectivity index (χ4v) is 0.610. The van der Waals surface area contributed by atoms with E-state index in [1.807, 2.05) is 0 Å². The number of carbonyl (C=O) groups is 1. The number of primary amides is 1. The molecule has 0 bridgehead atoms. The minimum Gasteiger partial charge on any atom is -0.364 e. The van der Waals surface area contributed by atoms with E-state index in [0.29, 0.717) is 0 Å². The van der Waals surface area contributed by atoms with Crippen LogP contribution in [0.2, 0.25) is 0 Å². The molecule has 0 aliphatic carbocycles. The highest BCUT2D eigenvalue weighted by molar-refractivity contribution is 7.82. The molecule has 0 saturated heterocycles. The fourth-order valence-electron chi connectivity index (χ4n) is 0.502. The van der Waals surface area contributed by atoms with E-state index in [2.05, 4.69) is 17.3 Å². The standard InChI is InChI=1S/C5H5N3OS/c6-4(9)5(10)8-3-1-2-7-8/h1-3H,(H2,6,9). The largest absolute Gasteiger partial charge is 0.364 e. The van der Waals surface area contributed by atoms with Crippen molar-refractivity contribution in [2.45, 2.75) is 0 Å². The van der Waals surface area contributed by atoms with Crippen molar-refractivity contribution in [3.05, 3.63) is 18.5 Å². The van der Waals surface area contributed by atoms with Crippen LogP contribution in [-0.4, -0.2) is 20.7 Å². The molecule has 4 nitrogen and oxygen atoms in total. The van der Waals surface area contributed by atoms with Crippen LogP contribution in [0.5, 0.6) is 0 Å². The van der Waals surface area contributed by atoms with Crippen molar-refractivity contribution in [1.82, 2.24) is 9.78 Å². The van der Waals surface area contributed by atoms with Gasteiger partial charge >= 0.3 is 0 Å². The van der Waals surface area contributed by atoms with E-state index in [1.54, 1.807) is 12.3 Å². The van der Waals surface area contributed by atoms with Gasteiger partial charge in [-0.3, -0.25) is 4.79 Å². The Morgan fingerprint density at radius 2 is 2.40 bits per heavy atom. The number of nitrogens with zero attached hydrogens (tertiary/aromatic N) is 2. The first-order valence-corrected chi connectivity index (χ1v) is 2.96. The van der Waals surface area contributed by atoms with Crippen LogP contribution in [0.1, 0.15) is 0 Å². The van der Waals surface area contributed by atoms with Gasteiger partial charge in [-0.2, -0.15) is 5.10 Å². The van der Waals surface area contributed by atoms with Crippen LogP contribution in [0, 0.1) is 0 Å². The molecule has 0 atom stereocenters. The first kappa shape index (κ1) is 6.88. The van der Waals surface area contributed by atoms with E-state index in [-0.39, 0.29) is 4.99 Å². The van der Waals surface area contributed by atoms with Gasteiger partial charge in [-0.25, -0.2) is 4.68 Å². The summed E-state index contributed by atoms with van der Waals surface area (Å²) in [5, 5.41) is 3.71. The minimum atomic E-state index is -0.640. The summed E-state index contributed by atoms with van der Waals surface area (Å²) < 4.78 is 1.25. The summed E-state index contributed by atoms with van der Waals surface area (Å²) >= 11 is 4.62. The molecule has 1 amide bonds. The summed E-state index contributed by atoms with van der Waals surface area (Å²) in [5.41, 5.74) is 4.89. The van der Waals surface area contributed by atoms with E-state index < -0.39 is 5.91 Å². The minimum absolute atomic E-state index is 0.00463. The van der Waals surface area contributed by atoms with E-state index in [4.69, 9.17) is 5.73 Å². The lowest BCUT2D eigenvalue weighted by Crippen LogP contribution is -2.27. The summed E-state index contributed by atoms with van der Waals surface area (Å²) in [5.74, 6) is -0.640. The average Bonchev–Trinajstić information content (AvgIpc) is 2.36. The van der Waals surface area contributed by atoms with Crippen molar-refractivity contribution in [2.24, 2.45) is 5.73 Å². The molecule has 52 valence electrons. The Bertz CT molecular complexity index is 254. The average molecular weight is 155 g/mol. The maximum atomic E-state index is 10.4. The van der Waals surface area contributed by atoms with Crippen molar-refractivity contribution < 1.29 is 4.79 Å². The Hall–Kier alpha value is -1.23. The molecule has 10 heavy (non-hydrogen) atoms. The van der Waals surface area contributed by atoms with Gasteiger partial charge in [0.15, 0.2) is 4.99 Å². The Morgan fingerprint density at radius 1 is 1.70 bits per heavy atom. The molecular weight excluding hydrogens is 150 g/mol. The van der Waals surface area contributed by atoms with Crippen LogP contribution >= 0.6 is 12.2 Å². The Balaban J connectivity index is 2.88. The number of amides is 1. The van der Waals surface area contributed by atoms with E-state index >= 15 is 0 Å².